The lowest BCUT2D eigenvalue weighted by molar-refractivity contribution is 0.499. The minimum Gasteiger partial charge on any atom is -0.310 e. The zero-order valence-corrected chi connectivity index (χ0v) is 9.26. The molecule has 0 aromatic rings. The number of nitrogens with one attached hydrogen (secondary N) is 1. The molecule has 1 aliphatic heterocycles. The minimum atomic E-state index is 0.536. The molecule has 0 radical (unpaired) electrons. The van der Waals surface area contributed by atoms with E-state index in [1.165, 1.54) is 23.1 Å². The van der Waals surface area contributed by atoms with E-state index < -0.39 is 0 Å². The lowest BCUT2D eigenvalue weighted by Gasteiger charge is -2.29. The van der Waals surface area contributed by atoms with Gasteiger partial charge >= 0.3 is 0 Å². The first-order chi connectivity index (χ1) is 7.29. The fourth-order valence-corrected chi connectivity index (χ4v) is 2.28. The quantitative estimate of drug-likeness (QED) is 0.677. The number of rotatable bonds is 2. The molecule has 0 bridgehead atoms. The van der Waals surface area contributed by atoms with Gasteiger partial charge in [-0.15, -0.1) is 0 Å². The molecule has 1 N–H and O–H groups in total. The molecule has 0 saturated carbocycles. The molecule has 1 heterocycles. The van der Waals surface area contributed by atoms with E-state index in [4.69, 9.17) is 0 Å². The molecule has 1 aliphatic carbocycles. The summed E-state index contributed by atoms with van der Waals surface area (Å²) in [5.74, 6) is 0. The van der Waals surface area contributed by atoms with Gasteiger partial charge in [-0.1, -0.05) is 42.5 Å². The summed E-state index contributed by atoms with van der Waals surface area (Å²) in [7, 11) is 0. The summed E-state index contributed by atoms with van der Waals surface area (Å²) in [6.45, 7) is 8.98. The number of allylic oxidation sites excluding steroid dienone is 4. The Hall–Kier alpha value is -1.08. The monoisotopic (exact) mass is 201 g/mol. The predicted molar refractivity (Wildman–Crippen MR) is 65.8 cm³/mol. The van der Waals surface area contributed by atoms with E-state index in [2.05, 4.69) is 30.6 Å². The zero-order valence-electron chi connectivity index (χ0n) is 9.26. The lowest BCUT2D eigenvalue weighted by Crippen LogP contribution is -2.36. The van der Waals surface area contributed by atoms with Gasteiger partial charge in [0.1, 0.15) is 0 Å². The second-order valence-corrected chi connectivity index (χ2v) is 4.40. The zero-order chi connectivity index (χ0) is 10.7. The lowest BCUT2D eigenvalue weighted by atomic mass is 9.88. The highest BCUT2D eigenvalue weighted by molar-refractivity contribution is 5.33. The van der Waals surface area contributed by atoms with Gasteiger partial charge in [-0.25, -0.2) is 0 Å². The molecule has 0 spiro atoms. The Bertz CT molecular complexity index is 333. The smallest absolute Gasteiger partial charge is 0.0319 e. The van der Waals surface area contributed by atoms with Crippen LogP contribution in [0.25, 0.3) is 0 Å². The van der Waals surface area contributed by atoms with Crippen LogP contribution in [0.5, 0.6) is 0 Å². The van der Waals surface area contributed by atoms with Crippen LogP contribution in [-0.2, 0) is 0 Å². The predicted octanol–water partition coefficient (Wildman–Crippen LogP) is 3.13. The molecular formula is C14H19N. The van der Waals surface area contributed by atoms with Crippen molar-refractivity contribution >= 4 is 0 Å². The Morgan fingerprint density at radius 1 is 1.27 bits per heavy atom. The molecule has 1 heteroatoms. The molecule has 0 amide bonds. The second-order valence-electron chi connectivity index (χ2n) is 4.40. The Labute approximate surface area is 92.3 Å². The van der Waals surface area contributed by atoms with E-state index in [1.54, 1.807) is 0 Å². The van der Waals surface area contributed by atoms with Crippen molar-refractivity contribution in [2.24, 2.45) is 0 Å². The van der Waals surface area contributed by atoms with Crippen LogP contribution in [0.2, 0.25) is 0 Å². The number of hydrogen-bond acceptors (Lipinski definition) is 1. The van der Waals surface area contributed by atoms with Crippen molar-refractivity contribution in [1.29, 1.82) is 0 Å². The SMILES string of the molecule is C=CC1=CC=C(C2CC(=C)CCN2)CC1. The first-order valence-corrected chi connectivity index (χ1v) is 5.71. The molecular weight excluding hydrogens is 182 g/mol. The van der Waals surface area contributed by atoms with Crippen molar-refractivity contribution in [3.63, 3.8) is 0 Å². The van der Waals surface area contributed by atoms with Crippen LogP contribution in [0.3, 0.4) is 0 Å². The van der Waals surface area contributed by atoms with Gasteiger partial charge in [-0.3, -0.25) is 0 Å². The van der Waals surface area contributed by atoms with Crippen molar-refractivity contribution in [3.8, 4) is 0 Å². The van der Waals surface area contributed by atoms with Crippen LogP contribution in [0.4, 0.5) is 0 Å². The maximum absolute atomic E-state index is 4.09. The molecule has 0 aromatic carbocycles. The van der Waals surface area contributed by atoms with Gasteiger partial charge in [0.05, 0.1) is 0 Å². The number of piperidine rings is 1. The third-order valence-electron chi connectivity index (χ3n) is 3.29. The van der Waals surface area contributed by atoms with Crippen molar-refractivity contribution in [2.75, 3.05) is 6.54 Å². The van der Waals surface area contributed by atoms with E-state index in [0.717, 1.165) is 25.8 Å². The standard InChI is InChI=1S/C14H19N/c1-3-12-4-6-13(7-5-12)14-10-11(2)8-9-15-14/h3-4,6,14-15H,1-2,5,7-10H2. The van der Waals surface area contributed by atoms with E-state index in [9.17, 15) is 0 Å². The van der Waals surface area contributed by atoms with Crippen molar-refractivity contribution in [1.82, 2.24) is 5.32 Å². The van der Waals surface area contributed by atoms with Crippen molar-refractivity contribution in [2.45, 2.75) is 31.7 Å². The minimum absolute atomic E-state index is 0.536. The molecule has 2 aliphatic rings. The Kier molecular flexibility index (Phi) is 3.22. The fraction of sp³-hybridized carbons (Fsp3) is 0.429. The van der Waals surface area contributed by atoms with Gasteiger partial charge in [0.2, 0.25) is 0 Å². The molecule has 80 valence electrons. The van der Waals surface area contributed by atoms with Crippen LogP contribution in [0.15, 0.2) is 48.1 Å². The average Bonchev–Trinajstić information content (AvgIpc) is 2.29. The molecule has 1 atom stereocenters. The van der Waals surface area contributed by atoms with Crippen LogP contribution in [0.1, 0.15) is 25.7 Å². The van der Waals surface area contributed by atoms with Crippen LogP contribution >= 0.6 is 0 Å². The molecule has 1 saturated heterocycles. The Balaban J connectivity index is 2.05. The third-order valence-corrected chi connectivity index (χ3v) is 3.29. The molecule has 1 unspecified atom stereocenters. The third kappa shape index (κ3) is 2.48. The highest BCUT2D eigenvalue weighted by atomic mass is 14.9. The average molecular weight is 201 g/mol. The highest BCUT2D eigenvalue weighted by Crippen LogP contribution is 2.26. The van der Waals surface area contributed by atoms with Gasteiger partial charge in [-0.2, -0.15) is 0 Å². The van der Waals surface area contributed by atoms with Crippen LogP contribution in [0, 0.1) is 0 Å². The van der Waals surface area contributed by atoms with Gasteiger partial charge < -0.3 is 5.32 Å². The second kappa shape index (κ2) is 4.63. The first kappa shape index (κ1) is 10.4. The van der Waals surface area contributed by atoms with Gasteiger partial charge in [-0.05, 0) is 37.8 Å². The number of hydrogen-bond donors (Lipinski definition) is 1. The normalized spacial score (nSPS) is 26.9. The highest BCUT2D eigenvalue weighted by Gasteiger charge is 2.19. The van der Waals surface area contributed by atoms with Crippen LogP contribution < -0.4 is 5.32 Å². The van der Waals surface area contributed by atoms with Crippen molar-refractivity contribution in [3.05, 3.63) is 48.1 Å². The summed E-state index contributed by atoms with van der Waals surface area (Å²) in [6, 6.07) is 0.536. The summed E-state index contributed by atoms with van der Waals surface area (Å²) >= 11 is 0. The topological polar surface area (TPSA) is 12.0 Å². The molecule has 2 rings (SSSR count). The van der Waals surface area contributed by atoms with Gasteiger partial charge in [0, 0.05) is 6.04 Å². The van der Waals surface area contributed by atoms with E-state index in [0.29, 0.717) is 6.04 Å². The van der Waals surface area contributed by atoms with E-state index in [-0.39, 0.29) is 0 Å². The molecule has 0 aromatic heterocycles. The Morgan fingerprint density at radius 3 is 2.73 bits per heavy atom. The van der Waals surface area contributed by atoms with E-state index in [1.807, 2.05) is 6.08 Å². The van der Waals surface area contributed by atoms with Gasteiger partial charge in [0.15, 0.2) is 0 Å². The van der Waals surface area contributed by atoms with Gasteiger partial charge in [0.25, 0.3) is 0 Å². The Morgan fingerprint density at radius 2 is 2.13 bits per heavy atom. The summed E-state index contributed by atoms with van der Waals surface area (Å²) in [6.07, 6.45) is 11.0. The van der Waals surface area contributed by atoms with E-state index >= 15 is 0 Å². The summed E-state index contributed by atoms with van der Waals surface area (Å²) in [5.41, 5.74) is 4.27. The maximum Gasteiger partial charge on any atom is 0.0319 e. The molecule has 15 heavy (non-hydrogen) atoms. The largest absolute Gasteiger partial charge is 0.310 e. The molecule has 1 nitrogen and oxygen atoms in total. The van der Waals surface area contributed by atoms with Crippen molar-refractivity contribution < 1.29 is 0 Å². The van der Waals surface area contributed by atoms with Crippen LogP contribution in [-0.4, -0.2) is 12.6 Å². The summed E-state index contributed by atoms with van der Waals surface area (Å²) in [5, 5.41) is 3.57. The summed E-state index contributed by atoms with van der Waals surface area (Å²) < 4.78 is 0. The molecule has 1 fully saturated rings. The first-order valence-electron chi connectivity index (χ1n) is 5.71. The maximum atomic E-state index is 4.09. The summed E-state index contributed by atoms with van der Waals surface area (Å²) in [4.78, 5) is 0. The fourth-order valence-electron chi connectivity index (χ4n) is 2.28.